The Morgan fingerprint density at radius 3 is 2.43 bits per heavy atom. The Morgan fingerprint density at radius 1 is 1.29 bits per heavy atom. The van der Waals surface area contributed by atoms with Crippen molar-refractivity contribution in [1.29, 1.82) is 0 Å². The summed E-state index contributed by atoms with van der Waals surface area (Å²) in [6.07, 6.45) is -0.126. The molecule has 1 aliphatic rings. The van der Waals surface area contributed by atoms with Crippen molar-refractivity contribution < 1.29 is 14.3 Å². The van der Waals surface area contributed by atoms with E-state index in [4.69, 9.17) is 9.47 Å². The summed E-state index contributed by atoms with van der Waals surface area (Å²) in [7, 11) is 3.31. The highest BCUT2D eigenvalue weighted by Crippen LogP contribution is 2.23. The van der Waals surface area contributed by atoms with Gasteiger partial charge < -0.3 is 19.7 Å². The van der Waals surface area contributed by atoms with Gasteiger partial charge in [-0.1, -0.05) is 6.07 Å². The summed E-state index contributed by atoms with van der Waals surface area (Å²) in [6.45, 7) is 5.95. The summed E-state index contributed by atoms with van der Waals surface area (Å²) in [5.74, 6) is 0.0209. The van der Waals surface area contributed by atoms with Gasteiger partial charge in [-0.2, -0.15) is 0 Å². The maximum absolute atomic E-state index is 12.8. The lowest BCUT2D eigenvalue weighted by molar-refractivity contribution is -0.00461. The molecule has 0 saturated carbocycles. The van der Waals surface area contributed by atoms with Crippen LogP contribution in [0.5, 0.6) is 0 Å². The minimum atomic E-state index is -0.0630. The molecule has 0 aliphatic carbocycles. The predicted molar refractivity (Wildman–Crippen MR) is 82.8 cm³/mol. The number of hydrogen-bond donors (Lipinski definition) is 1. The van der Waals surface area contributed by atoms with Crippen LogP contribution in [0.4, 0.5) is 5.69 Å². The van der Waals surface area contributed by atoms with Crippen molar-refractivity contribution in [3.63, 3.8) is 0 Å². The first-order valence-corrected chi connectivity index (χ1v) is 7.30. The van der Waals surface area contributed by atoms with Gasteiger partial charge in [0.2, 0.25) is 0 Å². The fourth-order valence-corrected chi connectivity index (χ4v) is 2.71. The molecule has 1 heterocycles. The molecule has 1 amide bonds. The molecule has 21 heavy (non-hydrogen) atoms. The van der Waals surface area contributed by atoms with Crippen molar-refractivity contribution in [3.8, 4) is 0 Å². The van der Waals surface area contributed by atoms with Gasteiger partial charge in [-0.05, 0) is 31.5 Å². The first kappa shape index (κ1) is 15.8. The van der Waals surface area contributed by atoms with Crippen LogP contribution in [0, 0.1) is 6.92 Å². The monoisotopic (exact) mass is 292 g/mol. The van der Waals surface area contributed by atoms with E-state index in [-0.39, 0.29) is 18.1 Å². The fraction of sp³-hybridized carbons (Fsp3) is 0.562. The van der Waals surface area contributed by atoms with Crippen LogP contribution >= 0.6 is 0 Å². The molecule has 5 heteroatoms. The summed E-state index contributed by atoms with van der Waals surface area (Å²) in [5, 5.41) is 3.26. The molecule has 0 bridgehead atoms. The van der Waals surface area contributed by atoms with Crippen LogP contribution in [-0.2, 0) is 9.47 Å². The Labute approximate surface area is 126 Å². The number of benzene rings is 1. The van der Waals surface area contributed by atoms with Crippen LogP contribution < -0.4 is 5.32 Å². The van der Waals surface area contributed by atoms with Gasteiger partial charge in [0.1, 0.15) is 12.2 Å². The SMILES string of the molecule is CCNc1cc(C)ccc1C(=O)N1CC(OC)C(OC)C1. The van der Waals surface area contributed by atoms with Crippen molar-refractivity contribution in [2.75, 3.05) is 39.2 Å². The maximum atomic E-state index is 12.8. The molecular weight excluding hydrogens is 268 g/mol. The van der Waals surface area contributed by atoms with Crippen molar-refractivity contribution in [3.05, 3.63) is 29.3 Å². The largest absolute Gasteiger partial charge is 0.385 e. The zero-order chi connectivity index (χ0) is 15.4. The number of likely N-dealkylation sites (tertiary alicyclic amines) is 1. The van der Waals surface area contributed by atoms with E-state index in [9.17, 15) is 4.79 Å². The number of ether oxygens (including phenoxy) is 2. The number of amides is 1. The van der Waals surface area contributed by atoms with Gasteiger partial charge in [-0.3, -0.25) is 4.79 Å². The first-order valence-electron chi connectivity index (χ1n) is 7.30. The second kappa shape index (κ2) is 6.91. The average molecular weight is 292 g/mol. The molecule has 1 N–H and O–H groups in total. The van der Waals surface area contributed by atoms with Gasteiger partial charge in [0, 0.05) is 39.5 Å². The molecule has 2 atom stereocenters. The average Bonchev–Trinajstić information content (AvgIpc) is 2.90. The summed E-state index contributed by atoms with van der Waals surface area (Å²) in [6, 6.07) is 5.86. The number of aryl methyl sites for hydroxylation is 1. The Hall–Kier alpha value is -1.59. The lowest BCUT2D eigenvalue weighted by atomic mass is 10.1. The second-order valence-electron chi connectivity index (χ2n) is 5.34. The van der Waals surface area contributed by atoms with E-state index in [1.165, 1.54) is 0 Å². The number of rotatable bonds is 5. The number of hydrogen-bond acceptors (Lipinski definition) is 4. The summed E-state index contributed by atoms with van der Waals surface area (Å²) >= 11 is 0. The van der Waals surface area contributed by atoms with Gasteiger partial charge in [-0.25, -0.2) is 0 Å². The molecule has 0 aromatic heterocycles. The standard InChI is InChI=1S/C16H24N2O3/c1-5-17-13-8-11(2)6-7-12(13)16(19)18-9-14(20-3)15(10-18)21-4/h6-8,14-15,17H,5,9-10H2,1-4H3. The quantitative estimate of drug-likeness (QED) is 0.901. The normalized spacial score (nSPS) is 21.6. The van der Waals surface area contributed by atoms with Crippen LogP contribution in [0.1, 0.15) is 22.8 Å². The van der Waals surface area contributed by atoms with E-state index >= 15 is 0 Å². The smallest absolute Gasteiger partial charge is 0.256 e. The third-order valence-corrected chi connectivity index (χ3v) is 3.88. The van der Waals surface area contributed by atoms with Crippen LogP contribution in [0.3, 0.4) is 0 Å². The lowest BCUT2D eigenvalue weighted by Gasteiger charge is -2.19. The third-order valence-electron chi connectivity index (χ3n) is 3.88. The molecule has 1 aliphatic heterocycles. The van der Waals surface area contributed by atoms with Gasteiger partial charge in [-0.15, -0.1) is 0 Å². The zero-order valence-corrected chi connectivity index (χ0v) is 13.2. The van der Waals surface area contributed by atoms with Crippen molar-refractivity contribution in [2.45, 2.75) is 26.1 Å². The van der Waals surface area contributed by atoms with Crippen molar-refractivity contribution in [2.24, 2.45) is 0 Å². The number of carbonyl (C=O) groups is 1. The number of nitrogens with zero attached hydrogens (tertiary/aromatic N) is 1. The summed E-state index contributed by atoms with van der Waals surface area (Å²) < 4.78 is 10.8. The molecular formula is C16H24N2O3. The molecule has 5 nitrogen and oxygen atoms in total. The van der Waals surface area contributed by atoms with E-state index in [1.807, 2.05) is 32.0 Å². The Balaban J connectivity index is 2.21. The van der Waals surface area contributed by atoms with Crippen LogP contribution in [0.2, 0.25) is 0 Å². The van der Waals surface area contributed by atoms with Crippen molar-refractivity contribution >= 4 is 11.6 Å². The Bertz CT molecular complexity index is 492. The van der Waals surface area contributed by atoms with E-state index in [1.54, 1.807) is 19.1 Å². The van der Waals surface area contributed by atoms with Crippen molar-refractivity contribution in [1.82, 2.24) is 4.90 Å². The minimum Gasteiger partial charge on any atom is -0.385 e. The summed E-state index contributed by atoms with van der Waals surface area (Å²) in [5.41, 5.74) is 2.72. The highest BCUT2D eigenvalue weighted by atomic mass is 16.5. The lowest BCUT2D eigenvalue weighted by Crippen LogP contribution is -2.30. The maximum Gasteiger partial charge on any atom is 0.256 e. The number of carbonyl (C=O) groups excluding carboxylic acids is 1. The van der Waals surface area contributed by atoms with Crippen LogP contribution in [0.15, 0.2) is 18.2 Å². The number of nitrogens with one attached hydrogen (secondary N) is 1. The predicted octanol–water partition coefficient (Wildman–Crippen LogP) is 1.91. The number of anilines is 1. The molecule has 1 aromatic rings. The van der Waals surface area contributed by atoms with Gasteiger partial charge >= 0.3 is 0 Å². The topological polar surface area (TPSA) is 50.8 Å². The second-order valence-corrected chi connectivity index (χ2v) is 5.34. The van der Waals surface area contributed by atoms with E-state index in [0.29, 0.717) is 18.7 Å². The number of methoxy groups -OCH3 is 2. The first-order chi connectivity index (χ1) is 10.1. The zero-order valence-electron chi connectivity index (χ0n) is 13.2. The highest BCUT2D eigenvalue weighted by molar-refractivity contribution is 6.00. The molecule has 1 saturated heterocycles. The Kier molecular flexibility index (Phi) is 5.20. The van der Waals surface area contributed by atoms with Gasteiger partial charge in [0.15, 0.2) is 0 Å². The summed E-state index contributed by atoms with van der Waals surface area (Å²) in [4.78, 5) is 14.6. The highest BCUT2D eigenvalue weighted by Gasteiger charge is 2.36. The fourth-order valence-electron chi connectivity index (χ4n) is 2.71. The van der Waals surface area contributed by atoms with Gasteiger partial charge in [0.25, 0.3) is 5.91 Å². The van der Waals surface area contributed by atoms with E-state index in [0.717, 1.165) is 17.8 Å². The molecule has 0 radical (unpaired) electrons. The minimum absolute atomic E-state index is 0.0209. The van der Waals surface area contributed by atoms with Crippen LogP contribution in [0.25, 0.3) is 0 Å². The van der Waals surface area contributed by atoms with Gasteiger partial charge in [0.05, 0.1) is 5.56 Å². The van der Waals surface area contributed by atoms with Crippen LogP contribution in [-0.4, -0.2) is 56.9 Å². The molecule has 1 aromatic carbocycles. The molecule has 2 unspecified atom stereocenters. The molecule has 116 valence electrons. The third kappa shape index (κ3) is 3.36. The van der Waals surface area contributed by atoms with E-state index < -0.39 is 0 Å². The molecule has 0 spiro atoms. The Morgan fingerprint density at radius 2 is 1.90 bits per heavy atom. The molecule has 1 fully saturated rings. The molecule has 2 rings (SSSR count). The van der Waals surface area contributed by atoms with E-state index in [2.05, 4.69) is 5.32 Å².